The van der Waals surface area contributed by atoms with Crippen molar-refractivity contribution in [3.63, 3.8) is 0 Å². The van der Waals surface area contributed by atoms with E-state index in [2.05, 4.69) is 33.0 Å². The Labute approximate surface area is 113 Å². The molecular formula is C16H31NO. The highest BCUT2D eigenvalue weighted by atomic mass is 16.5. The van der Waals surface area contributed by atoms with Crippen molar-refractivity contribution in [3.05, 3.63) is 0 Å². The summed E-state index contributed by atoms with van der Waals surface area (Å²) >= 11 is 0. The molecule has 1 saturated heterocycles. The van der Waals surface area contributed by atoms with Crippen molar-refractivity contribution < 1.29 is 4.74 Å². The average molecular weight is 253 g/mol. The van der Waals surface area contributed by atoms with Gasteiger partial charge in [-0.3, -0.25) is 0 Å². The van der Waals surface area contributed by atoms with Crippen LogP contribution in [0.3, 0.4) is 0 Å². The van der Waals surface area contributed by atoms with Crippen molar-refractivity contribution in [2.45, 2.75) is 78.0 Å². The van der Waals surface area contributed by atoms with Gasteiger partial charge in [-0.2, -0.15) is 0 Å². The Bertz CT molecular complexity index is 253. The molecule has 2 fully saturated rings. The molecule has 2 rings (SSSR count). The largest absolute Gasteiger partial charge is 0.378 e. The quantitative estimate of drug-likeness (QED) is 0.829. The fourth-order valence-corrected chi connectivity index (χ4v) is 3.85. The van der Waals surface area contributed by atoms with Gasteiger partial charge in [0, 0.05) is 18.7 Å². The fraction of sp³-hybridized carbons (Fsp3) is 1.00. The summed E-state index contributed by atoms with van der Waals surface area (Å²) in [5.74, 6) is 2.58. The maximum atomic E-state index is 5.65. The van der Waals surface area contributed by atoms with Gasteiger partial charge in [0.1, 0.15) is 0 Å². The van der Waals surface area contributed by atoms with E-state index < -0.39 is 0 Å². The number of ether oxygens (including phenoxy) is 1. The summed E-state index contributed by atoms with van der Waals surface area (Å²) in [7, 11) is 0. The highest BCUT2D eigenvalue weighted by molar-refractivity contribution is 4.88. The van der Waals surface area contributed by atoms with Gasteiger partial charge in [0.15, 0.2) is 0 Å². The van der Waals surface area contributed by atoms with E-state index in [0.717, 1.165) is 30.4 Å². The van der Waals surface area contributed by atoms with E-state index in [1.165, 1.54) is 32.1 Å². The minimum absolute atomic E-state index is 0.440. The molecule has 1 aliphatic heterocycles. The second-order valence-electron chi connectivity index (χ2n) is 7.00. The summed E-state index contributed by atoms with van der Waals surface area (Å²) in [6, 6.07) is 1.43. The maximum Gasteiger partial charge on any atom is 0.0561 e. The van der Waals surface area contributed by atoms with E-state index in [-0.39, 0.29) is 0 Å². The zero-order chi connectivity index (χ0) is 13.1. The first kappa shape index (κ1) is 14.3. The van der Waals surface area contributed by atoms with Gasteiger partial charge in [-0.1, -0.05) is 27.2 Å². The summed E-state index contributed by atoms with van der Waals surface area (Å²) in [6.07, 6.45) is 7.03. The maximum absolute atomic E-state index is 5.65. The highest BCUT2D eigenvalue weighted by Gasteiger charge is 2.32. The second kappa shape index (κ2) is 6.38. The van der Waals surface area contributed by atoms with Crippen molar-refractivity contribution >= 4 is 0 Å². The summed E-state index contributed by atoms with van der Waals surface area (Å²) < 4.78 is 5.65. The van der Waals surface area contributed by atoms with E-state index in [1.54, 1.807) is 0 Å². The number of rotatable bonds is 3. The minimum Gasteiger partial charge on any atom is -0.378 e. The molecule has 106 valence electrons. The van der Waals surface area contributed by atoms with Crippen LogP contribution in [0.25, 0.3) is 0 Å². The lowest BCUT2D eigenvalue weighted by Crippen LogP contribution is -2.49. The molecule has 5 unspecified atom stereocenters. The fourth-order valence-electron chi connectivity index (χ4n) is 3.85. The van der Waals surface area contributed by atoms with Gasteiger partial charge >= 0.3 is 0 Å². The van der Waals surface area contributed by atoms with Gasteiger partial charge in [0.2, 0.25) is 0 Å². The average Bonchev–Trinajstić information content (AvgIpc) is 2.28. The third-order valence-corrected chi connectivity index (χ3v) is 4.96. The molecule has 2 aliphatic rings. The smallest absolute Gasteiger partial charge is 0.0561 e. The van der Waals surface area contributed by atoms with E-state index >= 15 is 0 Å². The Morgan fingerprint density at radius 3 is 2.50 bits per heavy atom. The van der Waals surface area contributed by atoms with Crippen molar-refractivity contribution in [1.82, 2.24) is 5.32 Å². The van der Waals surface area contributed by atoms with Crippen molar-refractivity contribution in [2.75, 3.05) is 6.61 Å². The third-order valence-electron chi connectivity index (χ3n) is 4.96. The summed E-state index contributed by atoms with van der Waals surface area (Å²) in [6.45, 7) is 10.3. The zero-order valence-electron chi connectivity index (χ0n) is 12.6. The summed E-state index contributed by atoms with van der Waals surface area (Å²) in [5, 5.41) is 3.97. The van der Waals surface area contributed by atoms with Crippen LogP contribution in [0.5, 0.6) is 0 Å². The summed E-state index contributed by atoms with van der Waals surface area (Å²) in [5.41, 5.74) is 0. The van der Waals surface area contributed by atoms with Crippen molar-refractivity contribution in [2.24, 2.45) is 17.8 Å². The molecule has 0 spiro atoms. The molecule has 1 aliphatic carbocycles. The van der Waals surface area contributed by atoms with Crippen LogP contribution in [0.1, 0.15) is 59.8 Å². The molecule has 1 heterocycles. The monoisotopic (exact) mass is 253 g/mol. The number of nitrogens with one attached hydrogen (secondary N) is 1. The lowest BCUT2D eigenvalue weighted by Gasteiger charge is -2.41. The van der Waals surface area contributed by atoms with Crippen LogP contribution in [0.15, 0.2) is 0 Å². The van der Waals surface area contributed by atoms with Gasteiger partial charge in [0.25, 0.3) is 0 Å². The van der Waals surface area contributed by atoms with Crippen LogP contribution >= 0.6 is 0 Å². The molecule has 0 aromatic carbocycles. The van der Waals surface area contributed by atoms with Gasteiger partial charge in [-0.05, 0) is 50.4 Å². The van der Waals surface area contributed by atoms with Crippen molar-refractivity contribution in [1.29, 1.82) is 0 Å². The van der Waals surface area contributed by atoms with Gasteiger partial charge in [0.05, 0.1) is 6.10 Å². The molecule has 0 aromatic rings. The molecule has 0 amide bonds. The van der Waals surface area contributed by atoms with Crippen LogP contribution in [-0.4, -0.2) is 24.8 Å². The molecule has 0 bridgehead atoms. The van der Waals surface area contributed by atoms with E-state index in [0.29, 0.717) is 12.1 Å². The standard InChI is InChI=1S/C16H31NO/c1-11(2)15-6-5-12(3)9-16(15)17-14-7-8-18-13(4)10-14/h11-17H,5-10H2,1-4H3. The zero-order valence-corrected chi connectivity index (χ0v) is 12.6. The van der Waals surface area contributed by atoms with E-state index in [4.69, 9.17) is 4.74 Å². The Morgan fingerprint density at radius 2 is 1.83 bits per heavy atom. The molecule has 2 heteroatoms. The predicted molar refractivity (Wildman–Crippen MR) is 76.7 cm³/mol. The van der Waals surface area contributed by atoms with Gasteiger partial charge < -0.3 is 10.1 Å². The first-order chi connectivity index (χ1) is 8.56. The minimum atomic E-state index is 0.440. The molecule has 2 nitrogen and oxygen atoms in total. The van der Waals surface area contributed by atoms with Crippen molar-refractivity contribution in [3.8, 4) is 0 Å². The Balaban J connectivity index is 1.91. The topological polar surface area (TPSA) is 21.3 Å². The molecule has 1 saturated carbocycles. The van der Waals surface area contributed by atoms with Crippen LogP contribution in [-0.2, 0) is 4.74 Å². The Hall–Kier alpha value is -0.0800. The molecule has 5 atom stereocenters. The second-order valence-corrected chi connectivity index (χ2v) is 7.00. The third kappa shape index (κ3) is 3.71. The van der Waals surface area contributed by atoms with Gasteiger partial charge in [-0.25, -0.2) is 0 Å². The molecular weight excluding hydrogens is 222 g/mol. The van der Waals surface area contributed by atoms with Crippen LogP contribution in [0.4, 0.5) is 0 Å². The molecule has 0 radical (unpaired) electrons. The SMILES string of the molecule is CC1CCC(C(C)C)C(NC2CCOC(C)C2)C1. The van der Waals surface area contributed by atoms with Gasteiger partial charge in [-0.15, -0.1) is 0 Å². The Kier molecular flexibility index (Phi) is 5.08. The molecule has 18 heavy (non-hydrogen) atoms. The van der Waals surface area contributed by atoms with Crippen LogP contribution in [0.2, 0.25) is 0 Å². The lowest BCUT2D eigenvalue weighted by atomic mass is 9.73. The van der Waals surface area contributed by atoms with E-state index in [9.17, 15) is 0 Å². The Morgan fingerprint density at radius 1 is 1.06 bits per heavy atom. The predicted octanol–water partition coefficient (Wildman–Crippen LogP) is 3.60. The number of hydrogen-bond acceptors (Lipinski definition) is 2. The summed E-state index contributed by atoms with van der Waals surface area (Å²) in [4.78, 5) is 0. The first-order valence-corrected chi connectivity index (χ1v) is 7.94. The normalized spacial score (nSPS) is 42.2. The van der Waals surface area contributed by atoms with Crippen LogP contribution in [0, 0.1) is 17.8 Å². The number of hydrogen-bond donors (Lipinski definition) is 1. The highest BCUT2D eigenvalue weighted by Crippen LogP contribution is 2.34. The lowest BCUT2D eigenvalue weighted by molar-refractivity contribution is 0.00618. The van der Waals surface area contributed by atoms with E-state index in [1.807, 2.05) is 0 Å². The first-order valence-electron chi connectivity index (χ1n) is 7.94. The molecule has 1 N–H and O–H groups in total. The van der Waals surface area contributed by atoms with Crippen LogP contribution < -0.4 is 5.32 Å². The molecule has 0 aromatic heterocycles.